The topological polar surface area (TPSA) is 46.5 Å². The van der Waals surface area contributed by atoms with E-state index < -0.39 is 18.2 Å². The molecule has 3 nitrogen and oxygen atoms in total. The number of aliphatic hydroxyl groups is 1. The summed E-state index contributed by atoms with van der Waals surface area (Å²) in [5.74, 6) is -0.709. The standard InChI is InChI=1S/C23H22O3/c1-17(21(24)18-11-5-2-6-12-18)22(19-13-7-3-8-14-19)26-23(25)20-15-9-4-10-16-20/h2-17,21-22,24H,1H3. The molecule has 0 bridgehead atoms. The number of carbonyl (C=O) groups is 1. The molecule has 0 fully saturated rings. The maximum absolute atomic E-state index is 12.6. The molecule has 3 aromatic carbocycles. The van der Waals surface area contributed by atoms with Crippen molar-refractivity contribution in [2.75, 3.05) is 0 Å². The third-order valence-corrected chi connectivity index (χ3v) is 4.49. The Kier molecular flexibility index (Phi) is 5.82. The Morgan fingerprint density at radius 1 is 0.769 bits per heavy atom. The van der Waals surface area contributed by atoms with Gasteiger partial charge < -0.3 is 9.84 Å². The van der Waals surface area contributed by atoms with Crippen LogP contribution in [0.3, 0.4) is 0 Å². The normalized spacial score (nSPS) is 14.2. The summed E-state index contributed by atoms with van der Waals surface area (Å²) in [6.45, 7) is 1.90. The zero-order chi connectivity index (χ0) is 18.4. The highest BCUT2D eigenvalue weighted by Gasteiger charge is 2.30. The molecule has 3 rings (SSSR count). The van der Waals surface area contributed by atoms with Crippen molar-refractivity contribution in [3.05, 3.63) is 108 Å². The van der Waals surface area contributed by atoms with Gasteiger partial charge in [0.25, 0.3) is 0 Å². The van der Waals surface area contributed by atoms with Crippen LogP contribution >= 0.6 is 0 Å². The van der Waals surface area contributed by atoms with Gasteiger partial charge in [0, 0.05) is 5.92 Å². The molecule has 3 atom stereocenters. The van der Waals surface area contributed by atoms with Gasteiger partial charge in [-0.05, 0) is 23.3 Å². The van der Waals surface area contributed by atoms with Crippen LogP contribution in [0.4, 0.5) is 0 Å². The minimum atomic E-state index is -0.745. The fourth-order valence-corrected chi connectivity index (χ4v) is 3.00. The number of aliphatic hydroxyl groups excluding tert-OH is 1. The average Bonchev–Trinajstić information content (AvgIpc) is 2.72. The van der Waals surface area contributed by atoms with Crippen molar-refractivity contribution < 1.29 is 14.6 Å². The summed E-state index contributed by atoms with van der Waals surface area (Å²) in [5.41, 5.74) is 2.16. The fourth-order valence-electron chi connectivity index (χ4n) is 3.00. The zero-order valence-corrected chi connectivity index (χ0v) is 14.7. The smallest absolute Gasteiger partial charge is 0.338 e. The highest BCUT2D eigenvalue weighted by atomic mass is 16.5. The first-order valence-electron chi connectivity index (χ1n) is 8.71. The van der Waals surface area contributed by atoms with Crippen LogP contribution in [0.25, 0.3) is 0 Å². The summed E-state index contributed by atoms with van der Waals surface area (Å²) in [6.07, 6.45) is -1.30. The minimum Gasteiger partial charge on any atom is -0.453 e. The van der Waals surface area contributed by atoms with Crippen LogP contribution in [-0.4, -0.2) is 11.1 Å². The van der Waals surface area contributed by atoms with Crippen molar-refractivity contribution in [1.29, 1.82) is 0 Å². The lowest BCUT2D eigenvalue weighted by Crippen LogP contribution is -2.23. The summed E-state index contributed by atoms with van der Waals surface area (Å²) in [4.78, 5) is 12.6. The van der Waals surface area contributed by atoms with Gasteiger partial charge in [-0.2, -0.15) is 0 Å². The first kappa shape index (κ1) is 17.9. The molecule has 0 heterocycles. The predicted octanol–water partition coefficient (Wildman–Crippen LogP) is 4.95. The van der Waals surface area contributed by atoms with Gasteiger partial charge in [0.05, 0.1) is 11.7 Å². The second-order valence-corrected chi connectivity index (χ2v) is 6.32. The molecule has 0 aliphatic rings. The van der Waals surface area contributed by atoms with Gasteiger partial charge in [0.1, 0.15) is 6.10 Å². The SMILES string of the molecule is CC(C(O)c1ccccc1)C(OC(=O)c1ccccc1)c1ccccc1. The number of esters is 1. The van der Waals surface area contributed by atoms with Crippen molar-refractivity contribution in [1.82, 2.24) is 0 Å². The molecule has 0 amide bonds. The van der Waals surface area contributed by atoms with Gasteiger partial charge in [-0.3, -0.25) is 0 Å². The number of benzene rings is 3. The van der Waals surface area contributed by atoms with E-state index in [1.54, 1.807) is 24.3 Å². The van der Waals surface area contributed by atoms with Crippen LogP contribution in [0.15, 0.2) is 91.0 Å². The summed E-state index contributed by atoms with van der Waals surface area (Å²) in [7, 11) is 0. The van der Waals surface area contributed by atoms with E-state index in [0.29, 0.717) is 5.56 Å². The van der Waals surface area contributed by atoms with E-state index in [1.807, 2.05) is 73.7 Å². The number of ether oxygens (including phenoxy) is 1. The minimum absolute atomic E-state index is 0.313. The largest absolute Gasteiger partial charge is 0.453 e. The van der Waals surface area contributed by atoms with E-state index in [9.17, 15) is 9.90 Å². The molecular formula is C23H22O3. The van der Waals surface area contributed by atoms with Crippen molar-refractivity contribution >= 4 is 5.97 Å². The highest BCUT2D eigenvalue weighted by molar-refractivity contribution is 5.89. The molecule has 1 N–H and O–H groups in total. The molecule has 3 heteroatoms. The quantitative estimate of drug-likeness (QED) is 0.642. The second-order valence-electron chi connectivity index (χ2n) is 6.32. The van der Waals surface area contributed by atoms with E-state index in [4.69, 9.17) is 4.74 Å². The molecular weight excluding hydrogens is 324 g/mol. The van der Waals surface area contributed by atoms with Crippen molar-refractivity contribution in [2.24, 2.45) is 5.92 Å². The van der Waals surface area contributed by atoms with Gasteiger partial charge in [0.2, 0.25) is 0 Å². The third-order valence-electron chi connectivity index (χ3n) is 4.49. The Bertz CT molecular complexity index is 816. The summed E-state index contributed by atoms with van der Waals surface area (Å²) in [5, 5.41) is 10.8. The van der Waals surface area contributed by atoms with E-state index >= 15 is 0 Å². The molecule has 3 unspecified atom stereocenters. The zero-order valence-electron chi connectivity index (χ0n) is 14.7. The maximum Gasteiger partial charge on any atom is 0.338 e. The van der Waals surface area contributed by atoms with Crippen LogP contribution in [0.5, 0.6) is 0 Å². The first-order chi connectivity index (χ1) is 12.7. The second kappa shape index (κ2) is 8.45. The molecule has 0 saturated carbocycles. The lowest BCUT2D eigenvalue weighted by Gasteiger charge is -2.28. The van der Waals surface area contributed by atoms with E-state index in [1.165, 1.54) is 0 Å². The van der Waals surface area contributed by atoms with Gasteiger partial charge in [0.15, 0.2) is 0 Å². The highest BCUT2D eigenvalue weighted by Crippen LogP contribution is 2.35. The molecule has 3 aromatic rings. The van der Waals surface area contributed by atoms with E-state index in [0.717, 1.165) is 11.1 Å². The molecule has 0 aliphatic heterocycles. The Labute approximate surface area is 153 Å². The van der Waals surface area contributed by atoms with Crippen LogP contribution in [0, 0.1) is 5.92 Å². The Morgan fingerprint density at radius 2 is 1.23 bits per heavy atom. The van der Waals surface area contributed by atoms with Crippen molar-refractivity contribution in [2.45, 2.75) is 19.1 Å². The van der Waals surface area contributed by atoms with Crippen molar-refractivity contribution in [3.8, 4) is 0 Å². The van der Waals surface area contributed by atoms with E-state index in [2.05, 4.69) is 0 Å². The van der Waals surface area contributed by atoms with Crippen molar-refractivity contribution in [3.63, 3.8) is 0 Å². The maximum atomic E-state index is 12.6. The monoisotopic (exact) mass is 346 g/mol. The summed E-state index contributed by atoms with van der Waals surface area (Å²) >= 11 is 0. The van der Waals surface area contributed by atoms with Gasteiger partial charge >= 0.3 is 5.97 Å². The van der Waals surface area contributed by atoms with Crippen LogP contribution in [-0.2, 0) is 4.74 Å². The molecule has 0 aliphatic carbocycles. The predicted molar refractivity (Wildman–Crippen MR) is 102 cm³/mol. The lowest BCUT2D eigenvalue weighted by atomic mass is 9.88. The number of rotatable bonds is 6. The molecule has 0 radical (unpaired) electrons. The summed E-state index contributed by atoms with van der Waals surface area (Å²) in [6, 6.07) is 27.9. The third kappa shape index (κ3) is 4.19. The Hall–Kier alpha value is -2.91. The van der Waals surface area contributed by atoms with Crippen LogP contribution in [0.2, 0.25) is 0 Å². The number of carbonyl (C=O) groups excluding carboxylic acids is 1. The van der Waals surface area contributed by atoms with Gasteiger partial charge in [-0.25, -0.2) is 4.79 Å². The van der Waals surface area contributed by atoms with Gasteiger partial charge in [-0.15, -0.1) is 0 Å². The van der Waals surface area contributed by atoms with Crippen LogP contribution < -0.4 is 0 Å². The molecule has 0 spiro atoms. The molecule has 26 heavy (non-hydrogen) atoms. The number of hydrogen-bond acceptors (Lipinski definition) is 3. The molecule has 0 aromatic heterocycles. The molecule has 132 valence electrons. The lowest BCUT2D eigenvalue weighted by molar-refractivity contribution is -0.0155. The Balaban J connectivity index is 1.87. The fraction of sp³-hybridized carbons (Fsp3) is 0.174. The number of hydrogen-bond donors (Lipinski definition) is 1. The first-order valence-corrected chi connectivity index (χ1v) is 8.71. The van der Waals surface area contributed by atoms with Crippen LogP contribution in [0.1, 0.15) is 40.6 Å². The average molecular weight is 346 g/mol. The van der Waals surface area contributed by atoms with E-state index in [-0.39, 0.29) is 5.92 Å². The molecule has 0 saturated heterocycles. The summed E-state index contributed by atoms with van der Waals surface area (Å²) < 4.78 is 5.83. The van der Waals surface area contributed by atoms with Gasteiger partial charge in [-0.1, -0.05) is 85.8 Å². The Morgan fingerprint density at radius 3 is 1.77 bits per heavy atom.